The maximum absolute atomic E-state index is 12.1. The average molecular weight is 279 g/mol. The molecule has 2 unspecified atom stereocenters. The SMILES string of the molecule is CC(NC(=O)N1CCOC(C(=O)O)C1)c1ccccn1. The Bertz CT molecular complexity index is 480. The van der Waals surface area contributed by atoms with Crippen LogP contribution in [0.4, 0.5) is 4.79 Å². The van der Waals surface area contributed by atoms with Crippen molar-refractivity contribution in [2.75, 3.05) is 19.7 Å². The maximum Gasteiger partial charge on any atom is 0.334 e. The van der Waals surface area contributed by atoms with Crippen molar-refractivity contribution in [3.63, 3.8) is 0 Å². The molecule has 0 aliphatic carbocycles. The quantitative estimate of drug-likeness (QED) is 0.847. The monoisotopic (exact) mass is 279 g/mol. The molecule has 1 aliphatic heterocycles. The first-order valence-corrected chi connectivity index (χ1v) is 6.38. The molecule has 2 atom stereocenters. The van der Waals surface area contributed by atoms with Gasteiger partial charge in [-0.3, -0.25) is 4.98 Å². The van der Waals surface area contributed by atoms with E-state index in [0.717, 1.165) is 5.69 Å². The molecular formula is C13H17N3O4. The highest BCUT2D eigenvalue weighted by atomic mass is 16.5. The van der Waals surface area contributed by atoms with Crippen molar-refractivity contribution in [1.29, 1.82) is 0 Å². The minimum absolute atomic E-state index is 0.0517. The summed E-state index contributed by atoms with van der Waals surface area (Å²) in [4.78, 5) is 28.6. The van der Waals surface area contributed by atoms with E-state index in [9.17, 15) is 9.59 Å². The summed E-state index contributed by atoms with van der Waals surface area (Å²) in [5.41, 5.74) is 0.754. The standard InChI is InChI=1S/C13H17N3O4/c1-9(10-4-2-3-5-14-10)15-13(19)16-6-7-20-11(8-16)12(17)18/h2-5,9,11H,6-8H2,1H3,(H,15,19)(H,17,18). The van der Waals surface area contributed by atoms with Crippen LogP contribution in [0, 0.1) is 0 Å². The molecule has 2 rings (SSSR count). The molecule has 0 radical (unpaired) electrons. The Morgan fingerprint density at radius 2 is 2.35 bits per heavy atom. The molecule has 1 aromatic rings. The van der Waals surface area contributed by atoms with Crippen LogP contribution in [0.25, 0.3) is 0 Å². The molecular weight excluding hydrogens is 262 g/mol. The van der Waals surface area contributed by atoms with Crippen molar-refractivity contribution < 1.29 is 19.4 Å². The van der Waals surface area contributed by atoms with Gasteiger partial charge < -0.3 is 20.1 Å². The first-order chi connectivity index (χ1) is 9.58. The normalized spacial score (nSPS) is 20.2. The van der Waals surface area contributed by atoms with Gasteiger partial charge in [-0.25, -0.2) is 9.59 Å². The lowest BCUT2D eigenvalue weighted by Crippen LogP contribution is -2.52. The van der Waals surface area contributed by atoms with Gasteiger partial charge in [-0.1, -0.05) is 6.07 Å². The summed E-state index contributed by atoms with van der Waals surface area (Å²) in [6, 6.07) is 4.93. The minimum atomic E-state index is -1.06. The molecule has 108 valence electrons. The van der Waals surface area contributed by atoms with Crippen LogP contribution < -0.4 is 5.32 Å². The number of hydrogen-bond acceptors (Lipinski definition) is 4. The fourth-order valence-electron chi connectivity index (χ4n) is 1.97. The number of hydrogen-bond donors (Lipinski definition) is 2. The van der Waals surface area contributed by atoms with E-state index >= 15 is 0 Å². The van der Waals surface area contributed by atoms with Gasteiger partial charge >= 0.3 is 12.0 Å². The zero-order valence-electron chi connectivity index (χ0n) is 11.2. The molecule has 2 heterocycles. The molecule has 7 heteroatoms. The molecule has 0 spiro atoms. The van der Waals surface area contributed by atoms with Gasteiger partial charge in [0, 0.05) is 12.7 Å². The number of ether oxygens (including phenoxy) is 1. The molecule has 1 saturated heterocycles. The predicted octanol–water partition coefficient (Wildman–Crippen LogP) is 0.638. The van der Waals surface area contributed by atoms with Crippen LogP contribution in [0.1, 0.15) is 18.7 Å². The van der Waals surface area contributed by atoms with Gasteiger partial charge in [-0.15, -0.1) is 0 Å². The average Bonchev–Trinajstić information content (AvgIpc) is 2.48. The Balaban J connectivity index is 1.93. The van der Waals surface area contributed by atoms with E-state index in [4.69, 9.17) is 9.84 Å². The summed E-state index contributed by atoms with van der Waals surface area (Å²) in [6.45, 7) is 2.48. The lowest BCUT2D eigenvalue weighted by molar-refractivity contribution is -0.154. The lowest BCUT2D eigenvalue weighted by Gasteiger charge is -2.31. The lowest BCUT2D eigenvalue weighted by atomic mass is 10.2. The highest BCUT2D eigenvalue weighted by molar-refractivity contribution is 5.77. The molecule has 7 nitrogen and oxygen atoms in total. The van der Waals surface area contributed by atoms with Gasteiger partial charge in [0.25, 0.3) is 0 Å². The van der Waals surface area contributed by atoms with E-state index in [1.54, 1.807) is 12.3 Å². The number of nitrogens with one attached hydrogen (secondary N) is 1. The number of carbonyl (C=O) groups excluding carboxylic acids is 1. The summed E-state index contributed by atoms with van der Waals surface area (Å²) in [5, 5.41) is 11.7. The minimum Gasteiger partial charge on any atom is -0.479 e. The molecule has 20 heavy (non-hydrogen) atoms. The molecule has 0 aromatic carbocycles. The summed E-state index contributed by atoms with van der Waals surface area (Å²) >= 11 is 0. The zero-order chi connectivity index (χ0) is 14.5. The van der Waals surface area contributed by atoms with Crippen molar-refractivity contribution in [3.05, 3.63) is 30.1 Å². The van der Waals surface area contributed by atoms with Crippen LogP contribution in [0.5, 0.6) is 0 Å². The molecule has 1 fully saturated rings. The number of carboxylic acids is 1. The Kier molecular flexibility index (Phi) is 4.52. The van der Waals surface area contributed by atoms with Gasteiger partial charge in [-0.05, 0) is 19.1 Å². The fourth-order valence-corrected chi connectivity index (χ4v) is 1.97. The number of rotatable bonds is 3. The van der Waals surface area contributed by atoms with Crippen molar-refractivity contribution in [2.45, 2.75) is 19.1 Å². The second kappa shape index (κ2) is 6.33. The van der Waals surface area contributed by atoms with E-state index in [-0.39, 0.29) is 25.2 Å². The van der Waals surface area contributed by atoms with Crippen LogP contribution in [-0.2, 0) is 9.53 Å². The third-order valence-corrected chi connectivity index (χ3v) is 3.10. The zero-order valence-corrected chi connectivity index (χ0v) is 11.2. The fraction of sp³-hybridized carbons (Fsp3) is 0.462. The predicted molar refractivity (Wildman–Crippen MR) is 70.1 cm³/mol. The Morgan fingerprint density at radius 3 is 3.00 bits per heavy atom. The number of nitrogens with zero attached hydrogens (tertiary/aromatic N) is 2. The van der Waals surface area contributed by atoms with Crippen LogP contribution in [0.2, 0.25) is 0 Å². The Hall–Kier alpha value is -2.15. The number of carboxylic acid groups (broad SMARTS) is 1. The van der Waals surface area contributed by atoms with Crippen LogP contribution in [0.3, 0.4) is 0 Å². The first-order valence-electron chi connectivity index (χ1n) is 6.38. The summed E-state index contributed by atoms with van der Waals surface area (Å²) in [6.07, 6.45) is 0.701. The smallest absolute Gasteiger partial charge is 0.334 e. The summed E-state index contributed by atoms with van der Waals surface area (Å²) < 4.78 is 5.08. The van der Waals surface area contributed by atoms with Gasteiger partial charge in [0.05, 0.1) is 24.9 Å². The van der Waals surface area contributed by atoms with E-state index in [1.165, 1.54) is 4.90 Å². The van der Waals surface area contributed by atoms with E-state index < -0.39 is 12.1 Å². The molecule has 2 N–H and O–H groups in total. The van der Waals surface area contributed by atoms with Crippen molar-refractivity contribution >= 4 is 12.0 Å². The van der Waals surface area contributed by atoms with Gasteiger partial charge in [0.15, 0.2) is 6.10 Å². The highest BCUT2D eigenvalue weighted by Crippen LogP contribution is 2.11. The number of aliphatic carboxylic acids is 1. The first kappa shape index (κ1) is 14.3. The number of aromatic nitrogens is 1. The maximum atomic E-state index is 12.1. The molecule has 1 aromatic heterocycles. The molecule has 2 amide bonds. The summed E-state index contributed by atoms with van der Waals surface area (Å²) in [7, 11) is 0. The van der Waals surface area contributed by atoms with Crippen LogP contribution in [-0.4, -0.2) is 52.8 Å². The van der Waals surface area contributed by atoms with E-state index in [0.29, 0.717) is 6.54 Å². The number of pyridine rings is 1. The molecule has 0 bridgehead atoms. The van der Waals surface area contributed by atoms with Crippen molar-refractivity contribution in [1.82, 2.24) is 15.2 Å². The number of morpholine rings is 1. The molecule has 0 saturated carbocycles. The second-order valence-corrected chi connectivity index (χ2v) is 4.57. The highest BCUT2D eigenvalue weighted by Gasteiger charge is 2.29. The third-order valence-electron chi connectivity index (χ3n) is 3.10. The van der Waals surface area contributed by atoms with Crippen molar-refractivity contribution in [2.24, 2.45) is 0 Å². The van der Waals surface area contributed by atoms with Gasteiger partial charge in [0.1, 0.15) is 0 Å². The second-order valence-electron chi connectivity index (χ2n) is 4.57. The van der Waals surface area contributed by atoms with Gasteiger partial charge in [-0.2, -0.15) is 0 Å². The third kappa shape index (κ3) is 3.45. The van der Waals surface area contributed by atoms with E-state index in [2.05, 4.69) is 10.3 Å². The Morgan fingerprint density at radius 1 is 1.55 bits per heavy atom. The Labute approximate surface area is 116 Å². The topological polar surface area (TPSA) is 91.8 Å². The molecule has 1 aliphatic rings. The van der Waals surface area contributed by atoms with Crippen LogP contribution >= 0.6 is 0 Å². The number of urea groups is 1. The van der Waals surface area contributed by atoms with Crippen LogP contribution in [0.15, 0.2) is 24.4 Å². The number of amides is 2. The number of carbonyl (C=O) groups is 2. The van der Waals surface area contributed by atoms with Gasteiger partial charge in [0.2, 0.25) is 0 Å². The van der Waals surface area contributed by atoms with Crippen molar-refractivity contribution in [3.8, 4) is 0 Å². The largest absolute Gasteiger partial charge is 0.479 e. The van der Waals surface area contributed by atoms with E-state index in [1.807, 2.05) is 19.1 Å². The summed E-state index contributed by atoms with van der Waals surface area (Å²) in [5.74, 6) is -1.06.